The molecule has 1 rings (SSSR count). The molecule has 12 heavy (non-hydrogen) atoms. The van der Waals surface area contributed by atoms with Crippen molar-refractivity contribution in [2.24, 2.45) is 0 Å². The highest BCUT2D eigenvalue weighted by atomic mass is 79.9. The molecule has 0 fully saturated rings. The third kappa shape index (κ3) is 3.49. The molecular formula is C9H9BrFN. The van der Waals surface area contributed by atoms with Gasteiger partial charge in [0.2, 0.25) is 0 Å². The highest BCUT2D eigenvalue weighted by Crippen LogP contribution is 2.13. The number of halogens is 2. The van der Waals surface area contributed by atoms with Gasteiger partial charge in [0, 0.05) is 4.47 Å². The zero-order valence-electron chi connectivity index (χ0n) is 6.94. The van der Waals surface area contributed by atoms with Crippen molar-refractivity contribution in [2.75, 3.05) is 0 Å². The van der Waals surface area contributed by atoms with E-state index in [2.05, 4.69) is 15.9 Å². The Morgan fingerprint density at radius 3 is 2.33 bits per heavy atom. The third-order valence-electron chi connectivity index (χ3n) is 0.992. The third-order valence-corrected chi connectivity index (χ3v) is 1.45. The normalized spacial score (nSPS) is 7.92. The highest BCUT2D eigenvalue weighted by Gasteiger charge is 1.95. The largest absolute Gasteiger partial charge is 0.207 e. The molecule has 0 aliphatic rings. The quantitative estimate of drug-likeness (QED) is 0.669. The van der Waals surface area contributed by atoms with Gasteiger partial charge in [0.1, 0.15) is 5.82 Å². The van der Waals surface area contributed by atoms with E-state index in [-0.39, 0.29) is 0 Å². The molecule has 0 saturated heterocycles. The van der Waals surface area contributed by atoms with Gasteiger partial charge in [-0.15, -0.1) is 0 Å². The predicted molar refractivity (Wildman–Crippen MR) is 50.2 cm³/mol. The van der Waals surface area contributed by atoms with Crippen molar-refractivity contribution < 1.29 is 4.39 Å². The van der Waals surface area contributed by atoms with Crippen LogP contribution >= 0.6 is 15.9 Å². The van der Waals surface area contributed by atoms with Gasteiger partial charge >= 0.3 is 0 Å². The van der Waals surface area contributed by atoms with Gasteiger partial charge in [0.25, 0.3) is 0 Å². The Labute approximate surface area is 80.0 Å². The van der Waals surface area contributed by atoms with Crippen LogP contribution in [-0.2, 0) is 0 Å². The molecule has 0 aliphatic heterocycles. The van der Waals surface area contributed by atoms with E-state index in [1.165, 1.54) is 12.1 Å². The zero-order valence-corrected chi connectivity index (χ0v) is 8.52. The molecule has 64 valence electrons. The molecule has 1 nitrogen and oxygen atoms in total. The Morgan fingerprint density at radius 2 is 1.92 bits per heavy atom. The maximum atomic E-state index is 12.4. The Kier molecular flexibility index (Phi) is 5.31. The van der Waals surface area contributed by atoms with Gasteiger partial charge in [0.05, 0.1) is 11.6 Å². The molecule has 0 aromatic heterocycles. The number of nitrogens with zero attached hydrogens (tertiary/aromatic N) is 1. The van der Waals surface area contributed by atoms with Crippen LogP contribution in [0.3, 0.4) is 0 Å². The molecular weight excluding hydrogens is 221 g/mol. The van der Waals surface area contributed by atoms with E-state index in [1.807, 2.05) is 19.9 Å². The maximum Gasteiger partial charge on any atom is 0.125 e. The zero-order chi connectivity index (χ0) is 9.56. The van der Waals surface area contributed by atoms with Crippen LogP contribution in [0.4, 0.5) is 4.39 Å². The second-order valence-corrected chi connectivity index (χ2v) is 2.69. The summed E-state index contributed by atoms with van der Waals surface area (Å²) in [7, 11) is 0. The van der Waals surface area contributed by atoms with E-state index in [0.29, 0.717) is 10.0 Å². The smallest absolute Gasteiger partial charge is 0.125 e. The van der Waals surface area contributed by atoms with Crippen LogP contribution in [0.15, 0.2) is 22.7 Å². The van der Waals surface area contributed by atoms with E-state index < -0.39 is 5.82 Å². The Morgan fingerprint density at radius 1 is 1.33 bits per heavy atom. The summed E-state index contributed by atoms with van der Waals surface area (Å²) in [5.41, 5.74) is 0.326. The minimum absolute atomic E-state index is 0.326. The summed E-state index contributed by atoms with van der Waals surface area (Å²) in [5, 5.41) is 8.35. The fourth-order valence-electron chi connectivity index (χ4n) is 0.618. The van der Waals surface area contributed by atoms with Gasteiger partial charge in [-0.3, -0.25) is 0 Å². The van der Waals surface area contributed by atoms with E-state index in [4.69, 9.17) is 5.26 Å². The minimum atomic E-state index is -0.397. The first-order chi connectivity index (χ1) is 5.72. The summed E-state index contributed by atoms with van der Waals surface area (Å²) >= 11 is 3.06. The number of hydrogen-bond donors (Lipinski definition) is 0. The van der Waals surface area contributed by atoms with Gasteiger partial charge in [-0.05, 0) is 18.2 Å². The van der Waals surface area contributed by atoms with Gasteiger partial charge < -0.3 is 0 Å². The van der Waals surface area contributed by atoms with Crippen LogP contribution in [0.5, 0.6) is 0 Å². The van der Waals surface area contributed by atoms with E-state index in [9.17, 15) is 4.39 Å². The lowest BCUT2D eigenvalue weighted by Crippen LogP contribution is -1.77. The van der Waals surface area contributed by atoms with Crippen LogP contribution in [0.1, 0.15) is 19.4 Å². The van der Waals surface area contributed by atoms with E-state index in [0.717, 1.165) is 0 Å². The number of nitriles is 1. The van der Waals surface area contributed by atoms with Crippen LogP contribution in [0.2, 0.25) is 0 Å². The number of hydrogen-bond acceptors (Lipinski definition) is 1. The summed E-state index contributed by atoms with van der Waals surface area (Å²) in [6, 6.07) is 5.89. The van der Waals surface area contributed by atoms with Crippen molar-refractivity contribution in [3.63, 3.8) is 0 Å². The molecule has 0 heterocycles. The molecule has 0 atom stereocenters. The lowest BCUT2D eigenvalue weighted by atomic mass is 10.2. The van der Waals surface area contributed by atoms with Crippen molar-refractivity contribution in [3.8, 4) is 6.07 Å². The molecule has 0 radical (unpaired) electrons. The average molecular weight is 230 g/mol. The van der Waals surface area contributed by atoms with Gasteiger partial charge in [0.15, 0.2) is 0 Å². The SMILES string of the molecule is CC.N#Cc1cc(F)cc(Br)c1. The Bertz CT molecular complexity index is 271. The fraction of sp³-hybridized carbons (Fsp3) is 0.222. The number of benzene rings is 1. The van der Waals surface area contributed by atoms with Gasteiger partial charge in [-0.1, -0.05) is 29.8 Å². The summed E-state index contributed by atoms with van der Waals surface area (Å²) in [6.07, 6.45) is 0. The van der Waals surface area contributed by atoms with Crippen LogP contribution in [-0.4, -0.2) is 0 Å². The highest BCUT2D eigenvalue weighted by molar-refractivity contribution is 9.10. The fourth-order valence-corrected chi connectivity index (χ4v) is 1.08. The summed E-state index contributed by atoms with van der Waals surface area (Å²) in [4.78, 5) is 0. The lowest BCUT2D eigenvalue weighted by Gasteiger charge is -1.90. The van der Waals surface area contributed by atoms with E-state index >= 15 is 0 Å². The molecule has 0 aliphatic carbocycles. The topological polar surface area (TPSA) is 23.8 Å². The molecule has 3 heteroatoms. The number of rotatable bonds is 0. The maximum absolute atomic E-state index is 12.4. The lowest BCUT2D eigenvalue weighted by molar-refractivity contribution is 0.626. The van der Waals surface area contributed by atoms with Crippen molar-refractivity contribution in [3.05, 3.63) is 34.1 Å². The second kappa shape index (κ2) is 5.73. The molecule has 0 saturated carbocycles. The summed E-state index contributed by atoms with van der Waals surface area (Å²) in [6.45, 7) is 4.00. The van der Waals surface area contributed by atoms with Crippen molar-refractivity contribution >= 4 is 15.9 Å². The molecule has 0 amide bonds. The molecule has 0 spiro atoms. The standard InChI is InChI=1S/C7H3BrFN.C2H6/c8-6-1-5(4-10)2-7(9)3-6;1-2/h1-3H;1-2H3. The summed E-state index contributed by atoms with van der Waals surface area (Å²) in [5.74, 6) is -0.397. The monoisotopic (exact) mass is 229 g/mol. The Hall–Kier alpha value is -0.880. The second-order valence-electron chi connectivity index (χ2n) is 1.77. The van der Waals surface area contributed by atoms with Crippen LogP contribution < -0.4 is 0 Å². The van der Waals surface area contributed by atoms with E-state index in [1.54, 1.807) is 6.07 Å². The molecule has 0 unspecified atom stereocenters. The summed E-state index contributed by atoms with van der Waals surface area (Å²) < 4.78 is 13.0. The van der Waals surface area contributed by atoms with Crippen molar-refractivity contribution in [1.29, 1.82) is 5.26 Å². The molecule has 0 bridgehead atoms. The molecule has 0 N–H and O–H groups in total. The first kappa shape index (κ1) is 11.1. The first-order valence-corrected chi connectivity index (χ1v) is 4.38. The predicted octanol–water partition coefficient (Wildman–Crippen LogP) is 3.49. The van der Waals surface area contributed by atoms with Crippen molar-refractivity contribution in [1.82, 2.24) is 0 Å². The van der Waals surface area contributed by atoms with Gasteiger partial charge in [-0.2, -0.15) is 5.26 Å². The Balaban J connectivity index is 0.000000561. The minimum Gasteiger partial charge on any atom is -0.207 e. The average Bonchev–Trinajstić information content (AvgIpc) is 2.06. The van der Waals surface area contributed by atoms with Gasteiger partial charge in [-0.25, -0.2) is 4.39 Å². The van der Waals surface area contributed by atoms with Crippen LogP contribution in [0.25, 0.3) is 0 Å². The first-order valence-electron chi connectivity index (χ1n) is 3.58. The van der Waals surface area contributed by atoms with Crippen LogP contribution in [0, 0.1) is 17.1 Å². The van der Waals surface area contributed by atoms with Crippen molar-refractivity contribution in [2.45, 2.75) is 13.8 Å². The molecule has 1 aromatic carbocycles. The molecule has 1 aromatic rings.